The normalized spacial score (nSPS) is 41.1. The van der Waals surface area contributed by atoms with E-state index in [1.165, 1.54) is 0 Å². The third-order valence-electron chi connectivity index (χ3n) is 3.95. The Kier molecular flexibility index (Phi) is 3.01. The van der Waals surface area contributed by atoms with E-state index in [4.69, 9.17) is 5.73 Å². The number of likely N-dealkylation sites (tertiary alicyclic amines) is 1. The minimum Gasteiger partial charge on any atom is -0.339 e. The predicted octanol–water partition coefficient (Wildman–Crippen LogP) is 1.37. The van der Waals surface area contributed by atoms with Gasteiger partial charge in [-0.1, -0.05) is 13.3 Å². The van der Waals surface area contributed by atoms with Gasteiger partial charge >= 0.3 is 0 Å². The molecule has 1 saturated carbocycles. The molecule has 1 saturated heterocycles. The van der Waals surface area contributed by atoms with E-state index < -0.39 is 0 Å². The molecule has 1 aliphatic carbocycles. The fourth-order valence-corrected chi connectivity index (χ4v) is 3.12. The van der Waals surface area contributed by atoms with Crippen LogP contribution >= 0.6 is 0 Å². The molecule has 2 rings (SSSR count). The second-order valence-corrected chi connectivity index (χ2v) is 5.38. The molecule has 0 aromatic rings. The minimum atomic E-state index is 0.109. The van der Waals surface area contributed by atoms with Crippen LogP contribution in [-0.2, 0) is 4.79 Å². The highest BCUT2D eigenvalue weighted by Gasteiger charge is 2.38. The summed E-state index contributed by atoms with van der Waals surface area (Å²) < 4.78 is 0. The van der Waals surface area contributed by atoms with Crippen molar-refractivity contribution in [2.24, 2.45) is 17.6 Å². The minimum absolute atomic E-state index is 0.109. The smallest absolute Gasteiger partial charge is 0.227 e. The molecule has 0 aromatic heterocycles. The van der Waals surface area contributed by atoms with Crippen LogP contribution in [0.2, 0.25) is 0 Å². The summed E-state index contributed by atoms with van der Waals surface area (Å²) in [7, 11) is 0. The number of nitrogens with two attached hydrogens (primary N) is 1. The van der Waals surface area contributed by atoms with E-state index in [0.717, 1.165) is 32.2 Å². The van der Waals surface area contributed by atoms with Gasteiger partial charge in [0.25, 0.3) is 0 Å². The number of amides is 1. The largest absolute Gasteiger partial charge is 0.339 e. The zero-order chi connectivity index (χ0) is 11.0. The Balaban J connectivity index is 2.01. The van der Waals surface area contributed by atoms with Gasteiger partial charge in [-0.2, -0.15) is 0 Å². The molecule has 2 aliphatic rings. The molecule has 1 aliphatic heterocycles. The van der Waals surface area contributed by atoms with Crippen LogP contribution < -0.4 is 5.73 Å². The molecule has 2 fully saturated rings. The summed E-state index contributed by atoms with van der Waals surface area (Å²) in [5.41, 5.74) is 5.98. The molecule has 1 amide bonds. The molecule has 15 heavy (non-hydrogen) atoms. The lowest BCUT2D eigenvalue weighted by atomic mass is 10.0. The Morgan fingerprint density at radius 2 is 2.07 bits per heavy atom. The van der Waals surface area contributed by atoms with Crippen molar-refractivity contribution >= 4 is 5.91 Å². The highest BCUT2D eigenvalue weighted by atomic mass is 16.2. The van der Waals surface area contributed by atoms with Gasteiger partial charge in [-0.05, 0) is 32.1 Å². The van der Waals surface area contributed by atoms with Gasteiger partial charge in [-0.25, -0.2) is 0 Å². The van der Waals surface area contributed by atoms with Gasteiger partial charge in [-0.15, -0.1) is 0 Å². The van der Waals surface area contributed by atoms with E-state index in [2.05, 4.69) is 18.7 Å². The molecular formula is C12H22N2O. The summed E-state index contributed by atoms with van der Waals surface area (Å²) in [6.45, 7) is 5.31. The first-order valence-corrected chi connectivity index (χ1v) is 6.15. The zero-order valence-corrected chi connectivity index (χ0v) is 9.78. The maximum Gasteiger partial charge on any atom is 0.227 e. The van der Waals surface area contributed by atoms with Gasteiger partial charge in [0.1, 0.15) is 0 Å². The van der Waals surface area contributed by atoms with Crippen LogP contribution in [0, 0.1) is 11.8 Å². The van der Waals surface area contributed by atoms with Crippen molar-refractivity contribution in [3.05, 3.63) is 0 Å². The first kappa shape index (κ1) is 10.9. The topological polar surface area (TPSA) is 46.3 Å². The van der Waals surface area contributed by atoms with E-state index in [9.17, 15) is 4.79 Å². The van der Waals surface area contributed by atoms with Crippen molar-refractivity contribution in [3.63, 3.8) is 0 Å². The average Bonchev–Trinajstić information content (AvgIpc) is 2.71. The van der Waals surface area contributed by atoms with Gasteiger partial charge in [0.2, 0.25) is 5.91 Å². The average molecular weight is 210 g/mol. The summed E-state index contributed by atoms with van der Waals surface area (Å²) in [4.78, 5) is 14.3. The van der Waals surface area contributed by atoms with Crippen molar-refractivity contribution in [3.8, 4) is 0 Å². The molecule has 0 aromatic carbocycles. The molecule has 86 valence electrons. The molecule has 0 radical (unpaired) electrons. The summed E-state index contributed by atoms with van der Waals surface area (Å²) >= 11 is 0. The number of carbonyl (C=O) groups is 1. The van der Waals surface area contributed by atoms with Crippen LogP contribution in [0.5, 0.6) is 0 Å². The first-order chi connectivity index (χ1) is 7.09. The second kappa shape index (κ2) is 4.12. The highest BCUT2D eigenvalue weighted by Crippen LogP contribution is 2.30. The zero-order valence-electron chi connectivity index (χ0n) is 9.78. The molecule has 3 nitrogen and oxygen atoms in total. The quantitative estimate of drug-likeness (QED) is 0.710. The van der Waals surface area contributed by atoms with Crippen LogP contribution in [0.3, 0.4) is 0 Å². The summed E-state index contributed by atoms with van der Waals surface area (Å²) in [5.74, 6) is 1.08. The van der Waals surface area contributed by atoms with E-state index >= 15 is 0 Å². The lowest BCUT2D eigenvalue weighted by Crippen LogP contribution is -2.43. The number of carbonyl (C=O) groups excluding carboxylic acids is 1. The number of rotatable bonds is 1. The summed E-state index contributed by atoms with van der Waals surface area (Å²) in [6.07, 6.45) is 4.29. The van der Waals surface area contributed by atoms with Crippen LogP contribution in [0.15, 0.2) is 0 Å². The fourth-order valence-electron chi connectivity index (χ4n) is 3.12. The Bertz CT molecular complexity index is 254. The second-order valence-electron chi connectivity index (χ2n) is 5.38. The van der Waals surface area contributed by atoms with Gasteiger partial charge in [0.15, 0.2) is 0 Å². The maximum absolute atomic E-state index is 12.3. The fraction of sp³-hybridized carbons (Fsp3) is 0.917. The van der Waals surface area contributed by atoms with E-state index in [1.807, 2.05) is 0 Å². The lowest BCUT2D eigenvalue weighted by Gasteiger charge is -2.26. The Hall–Kier alpha value is -0.570. The van der Waals surface area contributed by atoms with Gasteiger partial charge in [-0.3, -0.25) is 4.79 Å². The van der Waals surface area contributed by atoms with Crippen molar-refractivity contribution in [2.75, 3.05) is 6.54 Å². The lowest BCUT2D eigenvalue weighted by molar-refractivity contribution is -0.136. The monoisotopic (exact) mass is 210 g/mol. The van der Waals surface area contributed by atoms with Crippen molar-refractivity contribution < 1.29 is 4.79 Å². The Morgan fingerprint density at radius 1 is 1.33 bits per heavy atom. The standard InChI is InChI=1S/C12H22N2O/c1-8-6-9(2)14(7-8)12(15)10-4-3-5-11(10)13/h8-11H,3-7,13H2,1-2H3. The van der Waals surface area contributed by atoms with Gasteiger partial charge in [0, 0.05) is 18.6 Å². The van der Waals surface area contributed by atoms with Gasteiger partial charge in [0.05, 0.1) is 5.92 Å². The van der Waals surface area contributed by atoms with E-state index in [0.29, 0.717) is 17.9 Å². The Morgan fingerprint density at radius 3 is 2.53 bits per heavy atom. The maximum atomic E-state index is 12.3. The molecule has 4 atom stereocenters. The SMILES string of the molecule is CC1CC(C)N(C(=O)C2CCCC2N)C1. The molecule has 3 heteroatoms. The van der Waals surface area contributed by atoms with Gasteiger partial charge < -0.3 is 10.6 Å². The molecule has 1 heterocycles. The van der Waals surface area contributed by atoms with Crippen LogP contribution in [0.4, 0.5) is 0 Å². The first-order valence-electron chi connectivity index (χ1n) is 6.15. The van der Waals surface area contributed by atoms with Crippen molar-refractivity contribution in [2.45, 2.75) is 51.6 Å². The van der Waals surface area contributed by atoms with Crippen LogP contribution in [0.25, 0.3) is 0 Å². The summed E-state index contributed by atoms with van der Waals surface area (Å²) in [5, 5.41) is 0. The third kappa shape index (κ3) is 2.03. The third-order valence-corrected chi connectivity index (χ3v) is 3.95. The predicted molar refractivity (Wildman–Crippen MR) is 60.3 cm³/mol. The van der Waals surface area contributed by atoms with E-state index in [1.54, 1.807) is 0 Å². The number of hydrogen-bond acceptors (Lipinski definition) is 2. The van der Waals surface area contributed by atoms with Crippen LogP contribution in [-0.4, -0.2) is 29.4 Å². The number of nitrogens with zero attached hydrogens (tertiary/aromatic N) is 1. The summed E-state index contributed by atoms with van der Waals surface area (Å²) in [6, 6.07) is 0.529. The molecular weight excluding hydrogens is 188 g/mol. The van der Waals surface area contributed by atoms with Crippen molar-refractivity contribution in [1.82, 2.24) is 4.90 Å². The van der Waals surface area contributed by atoms with E-state index in [-0.39, 0.29) is 12.0 Å². The van der Waals surface area contributed by atoms with Crippen molar-refractivity contribution in [1.29, 1.82) is 0 Å². The molecule has 2 N–H and O–H groups in total. The Labute approximate surface area is 92.0 Å². The van der Waals surface area contributed by atoms with Crippen LogP contribution in [0.1, 0.15) is 39.5 Å². The molecule has 4 unspecified atom stereocenters. The number of hydrogen-bond donors (Lipinski definition) is 1. The highest BCUT2D eigenvalue weighted by molar-refractivity contribution is 5.80. The molecule has 0 bridgehead atoms. The molecule has 0 spiro atoms.